The first-order valence-electron chi connectivity index (χ1n) is 9.68. The van der Waals surface area contributed by atoms with E-state index in [-0.39, 0.29) is 29.8 Å². The molecule has 0 spiro atoms. The van der Waals surface area contributed by atoms with Crippen molar-refractivity contribution in [1.29, 1.82) is 0 Å². The number of aromatic nitrogens is 3. The fourth-order valence-corrected chi connectivity index (χ4v) is 3.12. The van der Waals surface area contributed by atoms with Gasteiger partial charge in [0, 0.05) is 32.0 Å². The molecule has 1 aromatic carbocycles. The SMILES string of the molecule is CCNC(=NCc1ccc(-n2nc(C)cc2C)nc1)N(C)Cc1cccc(F)c1.I. The molecule has 0 aliphatic carbocycles. The normalized spacial score (nSPS) is 11.2. The molecule has 3 rings (SSSR count). The van der Waals surface area contributed by atoms with Crippen LogP contribution in [0.2, 0.25) is 0 Å². The number of halogens is 2. The monoisotopic (exact) mass is 522 g/mol. The smallest absolute Gasteiger partial charge is 0.194 e. The van der Waals surface area contributed by atoms with E-state index in [1.807, 2.05) is 67.9 Å². The molecule has 0 aliphatic heterocycles. The quantitative estimate of drug-likeness (QED) is 0.299. The molecule has 2 heterocycles. The minimum absolute atomic E-state index is 0. The molecule has 6 nitrogen and oxygen atoms in total. The van der Waals surface area contributed by atoms with Crippen LogP contribution in [-0.2, 0) is 13.1 Å². The summed E-state index contributed by atoms with van der Waals surface area (Å²) in [6, 6.07) is 12.6. The third-order valence-electron chi connectivity index (χ3n) is 4.45. The predicted molar refractivity (Wildman–Crippen MR) is 129 cm³/mol. The number of benzene rings is 1. The highest BCUT2D eigenvalue weighted by Crippen LogP contribution is 2.11. The lowest BCUT2D eigenvalue weighted by Crippen LogP contribution is -2.38. The summed E-state index contributed by atoms with van der Waals surface area (Å²) in [5.74, 6) is 1.32. The summed E-state index contributed by atoms with van der Waals surface area (Å²) in [7, 11) is 1.94. The largest absolute Gasteiger partial charge is 0.357 e. The predicted octanol–water partition coefficient (Wildman–Crippen LogP) is 4.24. The Hall–Kier alpha value is -2.49. The van der Waals surface area contributed by atoms with E-state index >= 15 is 0 Å². The summed E-state index contributed by atoms with van der Waals surface area (Å²) in [6.45, 7) is 7.82. The average molecular weight is 522 g/mol. The number of aryl methyl sites for hydroxylation is 2. The fraction of sp³-hybridized carbons (Fsp3) is 0.318. The molecule has 0 saturated carbocycles. The lowest BCUT2D eigenvalue weighted by molar-refractivity contribution is 0.474. The minimum Gasteiger partial charge on any atom is -0.357 e. The van der Waals surface area contributed by atoms with Crippen LogP contribution >= 0.6 is 24.0 Å². The van der Waals surface area contributed by atoms with E-state index in [1.54, 1.807) is 12.1 Å². The van der Waals surface area contributed by atoms with Crippen molar-refractivity contribution in [1.82, 2.24) is 25.0 Å². The maximum absolute atomic E-state index is 13.4. The van der Waals surface area contributed by atoms with Gasteiger partial charge in [-0.15, -0.1) is 24.0 Å². The number of nitrogens with zero attached hydrogens (tertiary/aromatic N) is 5. The Bertz CT molecular complexity index is 984. The summed E-state index contributed by atoms with van der Waals surface area (Å²) in [4.78, 5) is 11.2. The second kappa shape index (κ2) is 11.1. The third kappa shape index (κ3) is 6.25. The Kier molecular flexibility index (Phi) is 8.76. The zero-order valence-electron chi connectivity index (χ0n) is 17.8. The molecule has 0 amide bonds. The maximum Gasteiger partial charge on any atom is 0.194 e. The standard InChI is InChI=1S/C22H27FN6.HI/c1-5-24-22(28(4)15-18-7-6-8-20(23)12-18)26-14-19-9-10-21(25-13-19)29-17(3)11-16(2)27-29;/h6-13H,5,14-15H2,1-4H3,(H,24,26);1H. The second-order valence-electron chi connectivity index (χ2n) is 7.02. The highest BCUT2D eigenvalue weighted by molar-refractivity contribution is 14.0. The van der Waals surface area contributed by atoms with Gasteiger partial charge in [-0.3, -0.25) is 0 Å². The highest BCUT2D eigenvalue weighted by atomic mass is 127. The molecule has 0 saturated heterocycles. The number of nitrogens with one attached hydrogen (secondary N) is 1. The summed E-state index contributed by atoms with van der Waals surface area (Å²) in [5, 5.41) is 7.74. The second-order valence-corrected chi connectivity index (χ2v) is 7.02. The van der Waals surface area contributed by atoms with E-state index in [9.17, 15) is 4.39 Å². The lowest BCUT2D eigenvalue weighted by Gasteiger charge is -2.22. The molecule has 0 aliphatic rings. The van der Waals surface area contributed by atoms with Crippen molar-refractivity contribution in [3.05, 3.63) is 77.0 Å². The lowest BCUT2D eigenvalue weighted by atomic mass is 10.2. The summed E-state index contributed by atoms with van der Waals surface area (Å²) in [6.07, 6.45) is 1.82. The van der Waals surface area contributed by atoms with Crippen LogP contribution in [0.5, 0.6) is 0 Å². The number of hydrogen-bond acceptors (Lipinski definition) is 3. The molecular formula is C22H28FIN6. The van der Waals surface area contributed by atoms with Gasteiger partial charge >= 0.3 is 0 Å². The Morgan fingerprint density at radius 2 is 1.97 bits per heavy atom. The van der Waals surface area contributed by atoms with Crippen LogP contribution in [0.4, 0.5) is 4.39 Å². The van der Waals surface area contributed by atoms with Gasteiger partial charge in [0.1, 0.15) is 5.82 Å². The first kappa shape index (κ1) is 23.8. The number of pyridine rings is 1. The van der Waals surface area contributed by atoms with Crippen LogP contribution in [0, 0.1) is 19.7 Å². The van der Waals surface area contributed by atoms with E-state index < -0.39 is 0 Å². The summed E-state index contributed by atoms with van der Waals surface area (Å²) in [5.41, 5.74) is 3.92. The van der Waals surface area contributed by atoms with Gasteiger partial charge in [-0.1, -0.05) is 18.2 Å². The minimum atomic E-state index is -0.230. The molecule has 0 fully saturated rings. The molecule has 0 bridgehead atoms. The Labute approximate surface area is 194 Å². The topological polar surface area (TPSA) is 58.3 Å². The van der Waals surface area contributed by atoms with Crippen LogP contribution in [0.15, 0.2) is 53.7 Å². The first-order valence-corrected chi connectivity index (χ1v) is 9.68. The van der Waals surface area contributed by atoms with Crippen LogP contribution in [-0.4, -0.2) is 39.2 Å². The molecule has 30 heavy (non-hydrogen) atoms. The zero-order chi connectivity index (χ0) is 20.8. The number of hydrogen-bond donors (Lipinski definition) is 1. The van der Waals surface area contributed by atoms with Crippen molar-refractivity contribution in [2.45, 2.75) is 33.9 Å². The molecule has 8 heteroatoms. The van der Waals surface area contributed by atoms with Gasteiger partial charge in [0.05, 0.1) is 12.2 Å². The van der Waals surface area contributed by atoms with Crippen molar-refractivity contribution in [2.24, 2.45) is 4.99 Å². The van der Waals surface area contributed by atoms with Crippen molar-refractivity contribution in [3.8, 4) is 5.82 Å². The van der Waals surface area contributed by atoms with Crippen LogP contribution in [0.1, 0.15) is 29.4 Å². The number of rotatable bonds is 6. The number of guanidine groups is 1. The van der Waals surface area contributed by atoms with Crippen LogP contribution in [0.25, 0.3) is 5.82 Å². The van der Waals surface area contributed by atoms with E-state index in [0.29, 0.717) is 13.1 Å². The Balaban J connectivity index is 0.00000320. The molecule has 0 unspecified atom stereocenters. The van der Waals surface area contributed by atoms with Crippen molar-refractivity contribution in [2.75, 3.05) is 13.6 Å². The van der Waals surface area contributed by atoms with Gasteiger partial charge < -0.3 is 10.2 Å². The molecular weight excluding hydrogens is 494 g/mol. The van der Waals surface area contributed by atoms with Gasteiger partial charge in [-0.25, -0.2) is 19.0 Å². The van der Waals surface area contributed by atoms with Gasteiger partial charge in [0.2, 0.25) is 0 Å². The molecule has 1 N–H and O–H groups in total. The zero-order valence-corrected chi connectivity index (χ0v) is 20.1. The van der Waals surface area contributed by atoms with E-state index in [4.69, 9.17) is 4.99 Å². The van der Waals surface area contributed by atoms with Crippen LogP contribution < -0.4 is 5.32 Å². The van der Waals surface area contributed by atoms with Crippen LogP contribution in [0.3, 0.4) is 0 Å². The highest BCUT2D eigenvalue weighted by Gasteiger charge is 2.08. The average Bonchev–Trinajstić information content (AvgIpc) is 3.03. The first-order chi connectivity index (χ1) is 14.0. The van der Waals surface area contributed by atoms with Gasteiger partial charge in [-0.2, -0.15) is 5.10 Å². The molecule has 3 aromatic rings. The van der Waals surface area contributed by atoms with Crippen molar-refractivity contribution < 1.29 is 4.39 Å². The third-order valence-corrected chi connectivity index (χ3v) is 4.45. The summed E-state index contributed by atoms with van der Waals surface area (Å²) >= 11 is 0. The van der Waals surface area contributed by atoms with Gasteiger partial charge in [-0.05, 0) is 56.2 Å². The Morgan fingerprint density at radius 3 is 2.57 bits per heavy atom. The fourth-order valence-electron chi connectivity index (χ4n) is 3.12. The van der Waals surface area contributed by atoms with Gasteiger partial charge in [0.15, 0.2) is 11.8 Å². The molecule has 160 valence electrons. The van der Waals surface area contributed by atoms with Gasteiger partial charge in [0.25, 0.3) is 0 Å². The Morgan fingerprint density at radius 1 is 1.17 bits per heavy atom. The molecule has 0 atom stereocenters. The molecule has 0 radical (unpaired) electrons. The summed E-state index contributed by atoms with van der Waals surface area (Å²) < 4.78 is 15.3. The van der Waals surface area contributed by atoms with Crippen molar-refractivity contribution >= 4 is 29.9 Å². The molecule has 2 aromatic heterocycles. The van der Waals surface area contributed by atoms with Crippen molar-refractivity contribution in [3.63, 3.8) is 0 Å². The maximum atomic E-state index is 13.4. The number of aliphatic imine (C=N–C) groups is 1. The van der Waals surface area contributed by atoms with E-state index in [2.05, 4.69) is 15.4 Å². The van der Waals surface area contributed by atoms with E-state index in [0.717, 1.165) is 40.8 Å². The van der Waals surface area contributed by atoms with E-state index in [1.165, 1.54) is 6.07 Å².